The van der Waals surface area contributed by atoms with Gasteiger partial charge in [-0.3, -0.25) is 25.0 Å². The normalized spacial score (nSPS) is 19.7. The maximum atomic E-state index is 11.8. The highest BCUT2D eigenvalue weighted by molar-refractivity contribution is 8.27. The smallest absolute Gasteiger partial charge is 0.318 e. The van der Waals surface area contributed by atoms with Gasteiger partial charge in [-0.1, -0.05) is 24.0 Å². The quantitative estimate of drug-likeness (QED) is 0.361. The van der Waals surface area contributed by atoms with Gasteiger partial charge in [0.05, 0.1) is 25.0 Å². The van der Waals surface area contributed by atoms with E-state index in [0.29, 0.717) is 6.07 Å². The molecule has 1 aliphatic rings. The molecule has 1 aliphatic heterocycles. The van der Waals surface area contributed by atoms with Gasteiger partial charge in [-0.25, -0.2) is 0 Å². The lowest BCUT2D eigenvalue weighted by Gasteiger charge is -2.02. The van der Waals surface area contributed by atoms with Crippen LogP contribution in [0.1, 0.15) is 5.56 Å². The highest BCUT2D eigenvalue weighted by Gasteiger charge is 2.33. The number of Topliss-reactive ketones (excluding diaryl/α,β-unsaturated/α-hetero) is 1. The molecular weight excluding hydrogens is 334 g/mol. The SMILES string of the molecule is NC1C(=O)/C(=C\c2cc([N+](=O)[O-])cc([N+](=O)[O-])c2O)SC1=S. The van der Waals surface area contributed by atoms with Crippen molar-refractivity contribution in [2.75, 3.05) is 0 Å². The van der Waals surface area contributed by atoms with Gasteiger partial charge < -0.3 is 10.8 Å². The molecule has 114 valence electrons. The van der Waals surface area contributed by atoms with E-state index in [9.17, 15) is 30.1 Å². The molecule has 1 fully saturated rings. The van der Waals surface area contributed by atoms with Gasteiger partial charge in [-0.05, 0) is 6.08 Å². The van der Waals surface area contributed by atoms with E-state index in [1.165, 1.54) is 0 Å². The number of ketones is 1. The van der Waals surface area contributed by atoms with Crippen LogP contribution in [0.25, 0.3) is 6.08 Å². The van der Waals surface area contributed by atoms with Crippen molar-refractivity contribution in [1.82, 2.24) is 0 Å². The highest BCUT2D eigenvalue weighted by Crippen LogP contribution is 2.38. The maximum Gasteiger partial charge on any atom is 0.318 e. The number of carbonyl (C=O) groups excluding carboxylic acids is 1. The van der Waals surface area contributed by atoms with Crippen molar-refractivity contribution in [2.24, 2.45) is 5.73 Å². The zero-order valence-electron chi connectivity index (χ0n) is 10.6. The summed E-state index contributed by atoms with van der Waals surface area (Å²) in [6.45, 7) is 0. The van der Waals surface area contributed by atoms with Crippen LogP contribution in [0, 0.1) is 20.2 Å². The van der Waals surface area contributed by atoms with Gasteiger partial charge in [-0.15, -0.1) is 0 Å². The minimum Gasteiger partial charge on any atom is -0.502 e. The van der Waals surface area contributed by atoms with Crippen molar-refractivity contribution < 1.29 is 19.7 Å². The topological polar surface area (TPSA) is 150 Å². The van der Waals surface area contributed by atoms with E-state index in [0.717, 1.165) is 23.9 Å². The largest absolute Gasteiger partial charge is 0.502 e. The summed E-state index contributed by atoms with van der Waals surface area (Å²) >= 11 is 5.76. The lowest BCUT2D eigenvalue weighted by Crippen LogP contribution is -2.30. The number of phenolic OH excluding ortho intramolecular Hbond substituents is 1. The van der Waals surface area contributed by atoms with E-state index in [1.54, 1.807) is 0 Å². The van der Waals surface area contributed by atoms with E-state index < -0.39 is 38.8 Å². The summed E-state index contributed by atoms with van der Waals surface area (Å²) in [6.07, 6.45) is 1.10. The van der Waals surface area contributed by atoms with Crippen molar-refractivity contribution in [3.05, 3.63) is 42.8 Å². The number of thiocarbonyl (C=S) groups is 1. The molecule has 11 heteroatoms. The molecule has 0 aliphatic carbocycles. The number of benzene rings is 1. The molecular formula is C11H7N3O6S2. The number of aromatic hydroxyl groups is 1. The predicted molar refractivity (Wildman–Crippen MR) is 82.6 cm³/mol. The second kappa shape index (κ2) is 5.79. The molecule has 0 radical (unpaired) electrons. The standard InChI is InChI=1S/C11H7N3O6S2/c12-8-10(16)7(22-11(8)21)2-4-1-5(13(17)18)3-6(9(4)15)14(19)20/h1-3,8,15H,12H2/b7-2+. The van der Waals surface area contributed by atoms with Crippen molar-refractivity contribution in [1.29, 1.82) is 0 Å². The number of nitrogens with two attached hydrogens (primary N) is 1. The van der Waals surface area contributed by atoms with E-state index in [-0.39, 0.29) is 14.7 Å². The molecule has 0 amide bonds. The summed E-state index contributed by atoms with van der Waals surface area (Å²) in [5.74, 6) is -1.29. The Morgan fingerprint density at radius 3 is 2.41 bits per heavy atom. The molecule has 0 bridgehead atoms. The number of hydrogen-bond acceptors (Lipinski definition) is 9. The first kappa shape index (κ1) is 16.0. The van der Waals surface area contributed by atoms with Crippen LogP contribution < -0.4 is 5.73 Å². The predicted octanol–water partition coefficient (Wildman–Crippen LogP) is 1.52. The number of rotatable bonds is 3. The molecule has 9 nitrogen and oxygen atoms in total. The average molecular weight is 341 g/mol. The van der Waals surface area contributed by atoms with Gasteiger partial charge in [0.25, 0.3) is 5.69 Å². The van der Waals surface area contributed by atoms with Crippen LogP contribution in [-0.4, -0.2) is 31.0 Å². The molecule has 1 saturated heterocycles. The monoisotopic (exact) mass is 341 g/mol. The Hall–Kier alpha value is -2.37. The molecule has 0 spiro atoms. The summed E-state index contributed by atoms with van der Waals surface area (Å²) in [7, 11) is 0. The molecule has 1 unspecified atom stereocenters. The van der Waals surface area contributed by atoms with Crippen LogP contribution >= 0.6 is 24.0 Å². The molecule has 3 N–H and O–H groups in total. The molecule has 0 aromatic heterocycles. The summed E-state index contributed by atoms with van der Waals surface area (Å²) in [5.41, 5.74) is 3.89. The highest BCUT2D eigenvalue weighted by atomic mass is 32.2. The maximum absolute atomic E-state index is 11.8. The van der Waals surface area contributed by atoms with Crippen LogP contribution in [0.5, 0.6) is 5.75 Å². The Kier molecular flexibility index (Phi) is 4.21. The molecule has 1 heterocycles. The van der Waals surface area contributed by atoms with Crippen molar-refractivity contribution in [3.63, 3.8) is 0 Å². The van der Waals surface area contributed by atoms with Gasteiger partial charge >= 0.3 is 5.69 Å². The molecule has 22 heavy (non-hydrogen) atoms. The number of nitro benzene ring substituents is 2. The van der Waals surface area contributed by atoms with Crippen LogP contribution in [0.4, 0.5) is 11.4 Å². The molecule has 1 atom stereocenters. The number of carbonyl (C=O) groups is 1. The third-order valence-corrected chi connectivity index (χ3v) is 4.29. The fourth-order valence-electron chi connectivity index (χ4n) is 1.70. The van der Waals surface area contributed by atoms with E-state index in [2.05, 4.69) is 0 Å². The van der Waals surface area contributed by atoms with Crippen molar-refractivity contribution >= 4 is 51.4 Å². The minimum atomic E-state index is -0.984. The molecule has 1 aromatic rings. The van der Waals surface area contributed by atoms with Gasteiger partial charge in [0, 0.05) is 11.6 Å². The van der Waals surface area contributed by atoms with Crippen LogP contribution in [0.15, 0.2) is 17.0 Å². The second-order valence-electron chi connectivity index (χ2n) is 4.19. The van der Waals surface area contributed by atoms with Crippen LogP contribution in [0.2, 0.25) is 0 Å². The zero-order valence-corrected chi connectivity index (χ0v) is 12.2. The van der Waals surface area contributed by atoms with Gasteiger partial charge in [0.1, 0.15) is 6.04 Å². The summed E-state index contributed by atoms with van der Waals surface area (Å²) in [4.78, 5) is 31.7. The minimum absolute atomic E-state index is 0.0580. The number of thioether (sulfide) groups is 1. The molecule has 0 saturated carbocycles. The van der Waals surface area contributed by atoms with Crippen molar-refractivity contribution in [2.45, 2.75) is 6.04 Å². The van der Waals surface area contributed by atoms with Crippen LogP contribution in [-0.2, 0) is 4.79 Å². The van der Waals surface area contributed by atoms with E-state index >= 15 is 0 Å². The number of nitro groups is 2. The summed E-state index contributed by atoms with van der Waals surface area (Å²) in [5, 5.41) is 31.5. The number of non-ortho nitro benzene ring substituents is 1. The van der Waals surface area contributed by atoms with Gasteiger partial charge in [0.15, 0.2) is 5.78 Å². The summed E-state index contributed by atoms with van der Waals surface area (Å²) < 4.78 is 0.218. The van der Waals surface area contributed by atoms with E-state index in [1.807, 2.05) is 0 Å². The third-order valence-electron chi connectivity index (χ3n) is 2.79. The fourth-order valence-corrected chi connectivity index (χ4v) is 2.95. The van der Waals surface area contributed by atoms with Gasteiger partial charge in [-0.2, -0.15) is 0 Å². The third kappa shape index (κ3) is 2.81. The zero-order chi connectivity index (χ0) is 16.6. The fraction of sp³-hybridized carbons (Fsp3) is 0.0909. The van der Waals surface area contributed by atoms with Gasteiger partial charge in [0.2, 0.25) is 5.75 Å². The Balaban J connectivity index is 2.60. The van der Waals surface area contributed by atoms with E-state index in [4.69, 9.17) is 18.0 Å². The molecule has 2 rings (SSSR count). The number of nitrogens with zero attached hydrogens (tertiary/aromatic N) is 2. The second-order valence-corrected chi connectivity index (χ2v) is 5.97. The summed E-state index contributed by atoms with van der Waals surface area (Å²) in [6, 6.07) is 0.579. The lowest BCUT2D eigenvalue weighted by atomic mass is 10.1. The first-order valence-corrected chi connectivity index (χ1v) is 6.84. The Labute approximate surface area is 132 Å². The lowest BCUT2D eigenvalue weighted by molar-refractivity contribution is -0.394. The number of phenols is 1. The first-order chi connectivity index (χ1) is 10.2. The Morgan fingerprint density at radius 1 is 1.32 bits per heavy atom. The Morgan fingerprint density at radius 2 is 1.95 bits per heavy atom. The molecule has 1 aromatic carbocycles. The van der Waals surface area contributed by atoms with Crippen LogP contribution in [0.3, 0.4) is 0 Å². The first-order valence-electron chi connectivity index (χ1n) is 5.61. The average Bonchev–Trinajstić information content (AvgIpc) is 2.68. The Bertz CT molecular complexity index is 760. The van der Waals surface area contributed by atoms with Crippen molar-refractivity contribution in [3.8, 4) is 5.75 Å². The number of hydrogen-bond donors (Lipinski definition) is 2.